The molecule has 0 saturated heterocycles. The second kappa shape index (κ2) is 12.9. The van der Waals surface area contributed by atoms with Crippen LogP contribution in [-0.4, -0.2) is 41.6 Å². The van der Waals surface area contributed by atoms with Crippen LogP contribution in [0.3, 0.4) is 0 Å². The van der Waals surface area contributed by atoms with Gasteiger partial charge in [0.05, 0.1) is 31.1 Å². The molecule has 0 aliphatic carbocycles. The van der Waals surface area contributed by atoms with E-state index in [0.29, 0.717) is 13.2 Å². The first kappa shape index (κ1) is 29.6. The smallest absolute Gasteiger partial charge is 0.268 e. The highest BCUT2D eigenvalue weighted by atomic mass is 28.4. The minimum Gasteiger partial charge on any atom is -0.494 e. The molecule has 2 heterocycles. The second-order valence-corrected chi connectivity index (χ2v) is 16.9. The van der Waals surface area contributed by atoms with Crippen LogP contribution in [0.5, 0.6) is 5.75 Å². The molecule has 1 atom stereocenters. The molecular weight excluding hydrogens is 516 g/mol. The predicted octanol–water partition coefficient (Wildman–Crippen LogP) is 6.99. The third kappa shape index (κ3) is 7.64. The standard InChI is InChI=1S/C32H44N4O3Si/c1-32(2,3)40(4,5)39-23-27(36-22-29(31(33)37)34-24-36)17-19-35-18-16-26-14-15-28(21-30(26)35)38-20-10-9-13-25-11-7-6-8-12-25/h6-8,11-12,14-16,18,21-22,24,27H,9-10,13,17,19-20,23H2,1-5H3,(H2,33,37)/t27-/m1/s1. The van der Waals surface area contributed by atoms with Gasteiger partial charge < -0.3 is 24.0 Å². The molecule has 4 rings (SSSR count). The van der Waals surface area contributed by atoms with Gasteiger partial charge in [-0.3, -0.25) is 4.79 Å². The van der Waals surface area contributed by atoms with Crippen LogP contribution >= 0.6 is 0 Å². The molecule has 0 spiro atoms. The summed E-state index contributed by atoms with van der Waals surface area (Å²) in [6.45, 7) is 13.3. The molecule has 0 saturated carbocycles. The van der Waals surface area contributed by atoms with Gasteiger partial charge in [0.25, 0.3) is 5.91 Å². The number of benzene rings is 2. The van der Waals surface area contributed by atoms with Crippen molar-refractivity contribution < 1.29 is 14.0 Å². The first-order chi connectivity index (χ1) is 19.0. The van der Waals surface area contributed by atoms with E-state index in [1.807, 2.05) is 4.57 Å². The molecule has 2 aromatic carbocycles. The molecule has 214 valence electrons. The van der Waals surface area contributed by atoms with Gasteiger partial charge in [0.2, 0.25) is 0 Å². The number of carbonyl (C=O) groups is 1. The van der Waals surface area contributed by atoms with Crippen LogP contribution in [0.25, 0.3) is 10.9 Å². The molecule has 7 nitrogen and oxygen atoms in total. The molecule has 0 aliphatic rings. The minimum atomic E-state index is -1.95. The number of primary amides is 1. The molecule has 8 heteroatoms. The maximum Gasteiger partial charge on any atom is 0.268 e. The number of hydrogen-bond donors (Lipinski definition) is 1. The Balaban J connectivity index is 1.40. The third-order valence-corrected chi connectivity index (χ3v) is 12.6. The van der Waals surface area contributed by atoms with Gasteiger partial charge in [-0.2, -0.15) is 0 Å². The van der Waals surface area contributed by atoms with Gasteiger partial charge >= 0.3 is 0 Å². The Labute approximate surface area is 239 Å². The average molecular weight is 561 g/mol. The summed E-state index contributed by atoms with van der Waals surface area (Å²) in [5.74, 6) is 0.373. The fraction of sp³-hybridized carbons (Fsp3) is 0.438. The van der Waals surface area contributed by atoms with E-state index >= 15 is 0 Å². The molecule has 2 N–H and O–H groups in total. The number of hydrogen-bond acceptors (Lipinski definition) is 4. The number of aromatic nitrogens is 3. The predicted molar refractivity (Wildman–Crippen MR) is 164 cm³/mol. The Kier molecular flexibility index (Phi) is 9.53. The molecule has 1 amide bonds. The number of amides is 1. The van der Waals surface area contributed by atoms with E-state index in [9.17, 15) is 4.79 Å². The molecule has 0 unspecified atom stereocenters. The highest BCUT2D eigenvalue weighted by Crippen LogP contribution is 2.37. The van der Waals surface area contributed by atoms with Crippen molar-refractivity contribution in [3.63, 3.8) is 0 Å². The first-order valence-corrected chi connectivity index (χ1v) is 17.2. The number of carbonyl (C=O) groups excluding carboxylic acids is 1. The number of rotatable bonds is 14. The fourth-order valence-corrected chi connectivity index (χ4v) is 5.55. The van der Waals surface area contributed by atoms with E-state index in [1.54, 1.807) is 12.5 Å². The monoisotopic (exact) mass is 560 g/mol. The first-order valence-electron chi connectivity index (χ1n) is 14.3. The molecule has 0 fully saturated rings. The molecular formula is C32H44N4O3Si. The van der Waals surface area contributed by atoms with E-state index in [-0.39, 0.29) is 16.8 Å². The lowest BCUT2D eigenvalue weighted by Gasteiger charge is -2.37. The van der Waals surface area contributed by atoms with Crippen LogP contribution in [0.1, 0.15) is 62.1 Å². The van der Waals surface area contributed by atoms with Gasteiger partial charge in [-0.1, -0.05) is 51.1 Å². The lowest BCUT2D eigenvalue weighted by molar-refractivity contribution is 0.0995. The van der Waals surface area contributed by atoms with E-state index in [0.717, 1.165) is 43.5 Å². The lowest BCUT2D eigenvalue weighted by Crippen LogP contribution is -2.42. The summed E-state index contributed by atoms with van der Waals surface area (Å²) in [6.07, 6.45) is 9.57. The van der Waals surface area contributed by atoms with Crippen molar-refractivity contribution in [1.29, 1.82) is 0 Å². The van der Waals surface area contributed by atoms with Crippen molar-refractivity contribution in [1.82, 2.24) is 14.1 Å². The zero-order valence-electron chi connectivity index (χ0n) is 24.6. The van der Waals surface area contributed by atoms with Crippen molar-refractivity contribution in [2.75, 3.05) is 13.2 Å². The Morgan fingerprint density at radius 2 is 1.85 bits per heavy atom. The summed E-state index contributed by atoms with van der Waals surface area (Å²) in [5, 5.41) is 1.29. The summed E-state index contributed by atoms with van der Waals surface area (Å²) >= 11 is 0. The normalized spacial score (nSPS) is 13.0. The molecule has 0 aliphatic heterocycles. The number of imidazole rings is 1. The molecule has 40 heavy (non-hydrogen) atoms. The number of aryl methyl sites for hydroxylation is 2. The Bertz CT molecular complexity index is 1390. The number of ether oxygens (including phenoxy) is 1. The summed E-state index contributed by atoms with van der Waals surface area (Å²) in [7, 11) is -1.95. The van der Waals surface area contributed by atoms with E-state index in [1.165, 1.54) is 10.9 Å². The summed E-state index contributed by atoms with van der Waals surface area (Å²) in [6, 6.07) is 19.1. The molecule has 0 bridgehead atoms. The largest absolute Gasteiger partial charge is 0.494 e. The Morgan fingerprint density at radius 1 is 1.07 bits per heavy atom. The summed E-state index contributed by atoms with van der Waals surface area (Å²) < 4.78 is 17.0. The highest BCUT2D eigenvalue weighted by molar-refractivity contribution is 6.74. The van der Waals surface area contributed by atoms with Crippen LogP contribution in [0.2, 0.25) is 18.1 Å². The SMILES string of the molecule is CC(C)(C)[Si](C)(C)OC[C@@H](CCn1ccc2ccc(OCCCCc3ccccc3)cc21)n1cnc(C(N)=O)c1. The van der Waals surface area contributed by atoms with E-state index in [4.69, 9.17) is 14.9 Å². The fourth-order valence-electron chi connectivity index (χ4n) is 4.51. The van der Waals surface area contributed by atoms with Crippen LogP contribution in [-0.2, 0) is 17.4 Å². The quantitative estimate of drug-likeness (QED) is 0.133. The number of nitrogens with two attached hydrogens (primary N) is 1. The zero-order chi connectivity index (χ0) is 28.8. The van der Waals surface area contributed by atoms with Gasteiger partial charge in [-0.15, -0.1) is 0 Å². The number of nitrogens with zero attached hydrogens (tertiary/aromatic N) is 3. The highest BCUT2D eigenvalue weighted by Gasteiger charge is 2.37. The zero-order valence-corrected chi connectivity index (χ0v) is 25.6. The van der Waals surface area contributed by atoms with Crippen molar-refractivity contribution in [3.8, 4) is 5.75 Å². The van der Waals surface area contributed by atoms with Crippen LogP contribution in [0.4, 0.5) is 0 Å². The summed E-state index contributed by atoms with van der Waals surface area (Å²) in [5.41, 5.74) is 8.27. The van der Waals surface area contributed by atoms with Gasteiger partial charge in [0.1, 0.15) is 11.4 Å². The van der Waals surface area contributed by atoms with Crippen LogP contribution in [0, 0.1) is 0 Å². The average Bonchev–Trinajstić information content (AvgIpc) is 3.56. The van der Waals surface area contributed by atoms with Gasteiger partial charge in [0.15, 0.2) is 8.32 Å². The van der Waals surface area contributed by atoms with Gasteiger partial charge in [0, 0.05) is 25.0 Å². The Morgan fingerprint density at radius 3 is 2.55 bits per heavy atom. The van der Waals surface area contributed by atoms with Gasteiger partial charge in [-0.05, 0) is 73.0 Å². The van der Waals surface area contributed by atoms with E-state index < -0.39 is 14.2 Å². The molecule has 0 radical (unpaired) electrons. The third-order valence-electron chi connectivity index (χ3n) is 8.14. The topological polar surface area (TPSA) is 84.3 Å². The lowest BCUT2D eigenvalue weighted by atomic mass is 10.1. The number of fused-ring (bicyclic) bond motifs is 1. The van der Waals surface area contributed by atoms with Gasteiger partial charge in [-0.25, -0.2) is 4.98 Å². The second-order valence-electron chi connectivity index (χ2n) is 12.1. The minimum absolute atomic E-state index is 0.0243. The maximum atomic E-state index is 11.7. The van der Waals surface area contributed by atoms with Crippen molar-refractivity contribution in [2.24, 2.45) is 5.73 Å². The van der Waals surface area contributed by atoms with Crippen LogP contribution in [0.15, 0.2) is 73.3 Å². The summed E-state index contributed by atoms with van der Waals surface area (Å²) in [4.78, 5) is 15.9. The molecule has 4 aromatic rings. The van der Waals surface area contributed by atoms with Crippen molar-refractivity contribution in [3.05, 3.63) is 84.6 Å². The van der Waals surface area contributed by atoms with Crippen LogP contribution < -0.4 is 10.5 Å². The number of unbranched alkanes of at least 4 members (excludes halogenated alkanes) is 1. The maximum absolute atomic E-state index is 11.7. The van der Waals surface area contributed by atoms with Crippen molar-refractivity contribution >= 4 is 25.1 Å². The van der Waals surface area contributed by atoms with E-state index in [2.05, 4.69) is 104 Å². The van der Waals surface area contributed by atoms with Crippen molar-refractivity contribution in [2.45, 2.75) is 77.2 Å². The Hall–Kier alpha value is -3.36. The molecule has 2 aromatic heterocycles.